The van der Waals surface area contributed by atoms with Crippen LogP contribution >= 0.6 is 0 Å². The Morgan fingerprint density at radius 1 is 1.05 bits per heavy atom. The number of hydrogen-bond donors (Lipinski definition) is 1. The minimum Gasteiger partial charge on any atom is -0.507 e. The molecule has 1 N–H and O–H groups in total. The Morgan fingerprint density at radius 3 is 2.56 bits per heavy atom. The number of hydrogen-bond acceptors (Lipinski definition) is 7. The zero-order valence-corrected chi connectivity index (χ0v) is 22.4. The molecule has 7 heteroatoms. The number of ketones is 2. The summed E-state index contributed by atoms with van der Waals surface area (Å²) < 4.78 is 13.3. The van der Waals surface area contributed by atoms with Gasteiger partial charge in [0, 0.05) is 62.2 Å². The van der Waals surface area contributed by atoms with Crippen molar-refractivity contribution < 1.29 is 24.2 Å². The second kappa shape index (κ2) is 8.80. The molecule has 4 bridgehead atoms. The number of carbonyl (C=O) groups is 2. The van der Waals surface area contributed by atoms with Gasteiger partial charge in [0.15, 0.2) is 22.8 Å². The van der Waals surface area contributed by atoms with E-state index >= 15 is 0 Å². The van der Waals surface area contributed by atoms with Crippen LogP contribution in [0.4, 0.5) is 5.69 Å². The summed E-state index contributed by atoms with van der Waals surface area (Å²) in [6.45, 7) is 8.78. The first-order valence-corrected chi connectivity index (χ1v) is 14.0. The van der Waals surface area contributed by atoms with Crippen LogP contribution in [0.25, 0.3) is 0 Å². The van der Waals surface area contributed by atoms with Crippen LogP contribution in [0.2, 0.25) is 0 Å². The van der Waals surface area contributed by atoms with Gasteiger partial charge in [-0.25, -0.2) is 0 Å². The van der Waals surface area contributed by atoms with E-state index in [2.05, 4.69) is 34.1 Å². The average molecular weight is 527 g/mol. The molecular weight excluding hydrogens is 492 g/mol. The first-order chi connectivity index (χ1) is 18.9. The van der Waals surface area contributed by atoms with Crippen molar-refractivity contribution in [3.05, 3.63) is 77.4 Å². The number of phenols is 1. The van der Waals surface area contributed by atoms with Crippen LogP contribution in [0, 0.1) is 17.8 Å². The van der Waals surface area contributed by atoms with E-state index in [0.717, 1.165) is 38.3 Å². The molecule has 8 rings (SSSR count). The number of ether oxygens (including phenoxy) is 2. The number of phenolic OH excluding ortho intramolecular Hbond substituents is 1. The summed E-state index contributed by atoms with van der Waals surface area (Å²) in [6.07, 6.45) is 4.25. The Morgan fingerprint density at radius 2 is 1.82 bits per heavy atom. The highest BCUT2D eigenvalue weighted by Crippen LogP contribution is 2.65. The van der Waals surface area contributed by atoms with E-state index in [0.29, 0.717) is 24.4 Å². The number of benzene rings is 2. The summed E-state index contributed by atoms with van der Waals surface area (Å²) in [5.41, 5.74) is 0.542. The van der Waals surface area contributed by atoms with Gasteiger partial charge in [0.1, 0.15) is 17.1 Å². The van der Waals surface area contributed by atoms with Crippen LogP contribution in [0.1, 0.15) is 30.6 Å². The molecule has 39 heavy (non-hydrogen) atoms. The highest BCUT2D eigenvalue weighted by atomic mass is 16.6. The maximum absolute atomic E-state index is 14.3. The van der Waals surface area contributed by atoms with Crippen molar-refractivity contribution in [1.29, 1.82) is 0 Å². The van der Waals surface area contributed by atoms with Crippen molar-refractivity contribution in [2.75, 3.05) is 44.2 Å². The highest BCUT2D eigenvalue weighted by molar-refractivity contribution is 6.18. The summed E-state index contributed by atoms with van der Waals surface area (Å²) in [7, 11) is 0. The van der Waals surface area contributed by atoms with E-state index < -0.39 is 17.1 Å². The van der Waals surface area contributed by atoms with Gasteiger partial charge in [0.05, 0.1) is 6.61 Å². The number of Topliss-reactive ketones (excluding diaryl/α,β-unsaturated/α-hetero) is 2. The third kappa shape index (κ3) is 3.36. The second-order valence-electron chi connectivity index (χ2n) is 11.8. The quantitative estimate of drug-likeness (QED) is 0.590. The molecule has 3 aliphatic carbocycles. The zero-order chi connectivity index (χ0) is 26.9. The number of fused-ring (bicyclic) bond motifs is 1. The van der Waals surface area contributed by atoms with Crippen molar-refractivity contribution in [2.45, 2.75) is 31.5 Å². The Bertz CT molecular complexity index is 1400. The fourth-order valence-electron chi connectivity index (χ4n) is 7.69. The molecule has 0 unspecified atom stereocenters. The van der Waals surface area contributed by atoms with Crippen LogP contribution in [0.15, 0.2) is 71.8 Å². The minimum absolute atomic E-state index is 0.0153. The number of piperazine rings is 1. The first kappa shape index (κ1) is 24.6. The number of carbonyl (C=O) groups excluding carboxylic acids is 2. The van der Waals surface area contributed by atoms with Crippen molar-refractivity contribution in [3.8, 4) is 11.5 Å². The monoisotopic (exact) mass is 526 g/mol. The predicted octanol–water partition coefficient (Wildman–Crippen LogP) is 4.02. The standard InChI is InChI=1S/C32H34N2O5/c1-20(2)11-12-31-30(37)22-17-24-29(36)28-26(35)9-6-10-27(28)39-32(24,31)25(19-38-31)23(22)18-33-13-15-34(16-14-33)21-7-4-3-5-8-21/h3-11,17,22-23,25,35H,12-16,18-19H2,1-2H3/t22-,23+,25-,31+,32-/m1/s1. The van der Waals surface area contributed by atoms with Gasteiger partial charge in [-0.3, -0.25) is 14.5 Å². The van der Waals surface area contributed by atoms with Gasteiger partial charge in [-0.1, -0.05) is 42.0 Å². The number of anilines is 1. The van der Waals surface area contributed by atoms with Crippen LogP contribution < -0.4 is 9.64 Å². The average Bonchev–Trinajstić information content (AvgIpc) is 3.22. The van der Waals surface area contributed by atoms with E-state index in [1.807, 2.05) is 32.1 Å². The molecule has 202 valence electrons. The predicted molar refractivity (Wildman–Crippen MR) is 147 cm³/mol. The minimum atomic E-state index is -1.25. The summed E-state index contributed by atoms with van der Waals surface area (Å²) in [6, 6.07) is 15.4. The second-order valence-corrected chi connectivity index (χ2v) is 11.8. The topological polar surface area (TPSA) is 79.3 Å². The fraction of sp³-hybridized carbons (Fsp3) is 0.438. The smallest absolute Gasteiger partial charge is 0.200 e. The van der Waals surface area contributed by atoms with E-state index in [4.69, 9.17) is 9.47 Å². The molecule has 3 heterocycles. The van der Waals surface area contributed by atoms with Crippen LogP contribution in [0.5, 0.6) is 11.5 Å². The summed E-state index contributed by atoms with van der Waals surface area (Å²) in [5, 5.41) is 10.6. The lowest BCUT2D eigenvalue weighted by molar-refractivity contribution is -0.171. The molecule has 2 aromatic rings. The Labute approximate surface area is 228 Å². The molecule has 0 aromatic heterocycles. The number of aromatic hydroxyl groups is 1. The maximum Gasteiger partial charge on any atom is 0.200 e. The largest absolute Gasteiger partial charge is 0.507 e. The lowest BCUT2D eigenvalue weighted by atomic mass is 9.49. The highest BCUT2D eigenvalue weighted by Gasteiger charge is 2.79. The number of rotatable bonds is 5. The third-order valence-electron chi connectivity index (χ3n) is 9.56. The van der Waals surface area contributed by atoms with E-state index in [9.17, 15) is 14.7 Å². The summed E-state index contributed by atoms with van der Waals surface area (Å²) >= 11 is 0. The molecule has 2 aromatic carbocycles. The molecule has 1 saturated carbocycles. The van der Waals surface area contributed by atoms with Gasteiger partial charge < -0.3 is 19.5 Å². The fourth-order valence-corrected chi connectivity index (χ4v) is 7.69. The van der Waals surface area contributed by atoms with Crippen LogP contribution in [-0.2, 0) is 9.53 Å². The molecule has 2 saturated heterocycles. The van der Waals surface area contributed by atoms with Crippen LogP contribution in [-0.4, -0.2) is 72.1 Å². The Hall–Kier alpha value is -3.42. The van der Waals surface area contributed by atoms with Gasteiger partial charge in [-0.2, -0.15) is 0 Å². The molecule has 1 spiro atoms. The van der Waals surface area contributed by atoms with Gasteiger partial charge >= 0.3 is 0 Å². The number of nitrogens with zero attached hydrogens (tertiary/aromatic N) is 2. The van der Waals surface area contributed by atoms with E-state index in [1.54, 1.807) is 12.1 Å². The Balaban J connectivity index is 1.24. The molecule has 3 fully saturated rings. The molecule has 3 aliphatic heterocycles. The summed E-state index contributed by atoms with van der Waals surface area (Å²) in [4.78, 5) is 33.1. The van der Waals surface area contributed by atoms with Crippen molar-refractivity contribution in [2.24, 2.45) is 17.8 Å². The lowest BCUT2D eigenvalue weighted by Crippen LogP contribution is -2.74. The van der Waals surface area contributed by atoms with Crippen molar-refractivity contribution in [1.82, 2.24) is 4.90 Å². The lowest BCUT2D eigenvalue weighted by Gasteiger charge is -2.58. The molecule has 5 atom stereocenters. The van der Waals surface area contributed by atoms with Gasteiger partial charge in [0.2, 0.25) is 0 Å². The molecule has 6 aliphatic rings. The SMILES string of the molecule is CC(C)=CC[C@@]12OC[C@@H]3[C@@H](CN4CCN(c5ccccc5)CC4)[C@@H](C=C4C(=O)c5c(O)cccc5O[C@]431)C2=O. The molecular formula is C32H34N2O5. The van der Waals surface area contributed by atoms with E-state index in [1.165, 1.54) is 11.8 Å². The Kier molecular flexibility index (Phi) is 5.55. The zero-order valence-electron chi connectivity index (χ0n) is 22.4. The molecule has 0 amide bonds. The maximum atomic E-state index is 14.3. The van der Waals surface area contributed by atoms with Crippen molar-refractivity contribution in [3.63, 3.8) is 0 Å². The number of allylic oxidation sites excluding steroid dienone is 2. The van der Waals surface area contributed by atoms with Crippen LogP contribution in [0.3, 0.4) is 0 Å². The normalized spacial score (nSPS) is 32.8. The first-order valence-electron chi connectivity index (χ1n) is 14.0. The third-order valence-corrected chi connectivity index (χ3v) is 9.56. The van der Waals surface area contributed by atoms with Gasteiger partial charge in [-0.05, 0) is 44.0 Å². The number of para-hydroxylation sites is 1. The molecule has 0 radical (unpaired) electrons. The van der Waals surface area contributed by atoms with Gasteiger partial charge in [-0.15, -0.1) is 0 Å². The molecule has 7 nitrogen and oxygen atoms in total. The van der Waals surface area contributed by atoms with E-state index in [-0.39, 0.29) is 34.7 Å². The van der Waals surface area contributed by atoms with Gasteiger partial charge in [0.25, 0.3) is 0 Å². The summed E-state index contributed by atoms with van der Waals surface area (Å²) in [5.74, 6) is -0.582. The van der Waals surface area contributed by atoms with Crippen molar-refractivity contribution >= 4 is 17.3 Å².